The first-order valence-corrected chi connectivity index (χ1v) is 14.4. The molecule has 1 saturated heterocycles. The maximum absolute atomic E-state index is 14.0. The summed E-state index contributed by atoms with van der Waals surface area (Å²) in [6.07, 6.45) is 12.2. The lowest BCUT2D eigenvalue weighted by molar-refractivity contribution is 0.151. The molecule has 7 rings (SSSR count). The average Bonchev–Trinajstić information content (AvgIpc) is 3.51. The molecule has 0 amide bonds. The summed E-state index contributed by atoms with van der Waals surface area (Å²) in [4.78, 5) is 20.1. The van der Waals surface area contributed by atoms with E-state index in [1.165, 1.54) is 43.2 Å². The topological polar surface area (TPSA) is 71.7 Å². The van der Waals surface area contributed by atoms with Crippen LogP contribution in [0.25, 0.3) is 16.6 Å². The number of aromatic nitrogens is 5. The number of nitrogens with zero attached hydrogens (tertiary/aromatic N) is 5. The predicted octanol–water partition coefficient (Wildman–Crippen LogP) is 5.42. The molecule has 3 fully saturated rings. The predicted molar refractivity (Wildman–Crippen MR) is 150 cm³/mol. The Morgan fingerprint density at radius 2 is 1.95 bits per heavy atom. The van der Waals surface area contributed by atoms with Crippen molar-refractivity contribution in [3.63, 3.8) is 0 Å². The van der Waals surface area contributed by atoms with Crippen LogP contribution in [-0.4, -0.2) is 41.8 Å². The Morgan fingerprint density at radius 3 is 2.66 bits per heavy atom. The number of aryl methyl sites for hydroxylation is 1. The third kappa shape index (κ3) is 3.85. The maximum atomic E-state index is 14.0. The van der Waals surface area contributed by atoms with E-state index in [4.69, 9.17) is 0 Å². The Kier molecular flexibility index (Phi) is 5.62. The van der Waals surface area contributed by atoms with Crippen LogP contribution in [0.1, 0.15) is 87.4 Å². The third-order valence-electron chi connectivity index (χ3n) is 9.43. The molecular formula is C31H38N6O. The maximum Gasteiger partial charge on any atom is 0.279 e. The second kappa shape index (κ2) is 8.94. The number of nitrogens with one attached hydrogen (secondary N) is 1. The van der Waals surface area contributed by atoms with Crippen molar-refractivity contribution in [2.45, 2.75) is 82.7 Å². The van der Waals surface area contributed by atoms with Crippen LogP contribution in [0.3, 0.4) is 0 Å². The lowest BCUT2D eigenvalue weighted by atomic mass is 9.58. The summed E-state index contributed by atoms with van der Waals surface area (Å²) in [6.45, 7) is 6.64. The highest BCUT2D eigenvalue weighted by Gasteiger charge is 2.48. The minimum Gasteiger partial charge on any atom is -0.353 e. The van der Waals surface area contributed by atoms with Crippen molar-refractivity contribution in [1.29, 1.82) is 0 Å². The van der Waals surface area contributed by atoms with Gasteiger partial charge < -0.3 is 9.55 Å². The summed E-state index contributed by atoms with van der Waals surface area (Å²) in [5.41, 5.74) is 5.24. The van der Waals surface area contributed by atoms with Gasteiger partial charge in [0.1, 0.15) is 17.7 Å². The molecule has 0 unspecified atom stereocenters. The molecule has 0 radical (unpaired) electrons. The van der Waals surface area contributed by atoms with Crippen LogP contribution in [0.15, 0.2) is 47.7 Å². The van der Waals surface area contributed by atoms with Gasteiger partial charge in [-0.05, 0) is 93.2 Å². The summed E-state index contributed by atoms with van der Waals surface area (Å²) in [6, 6.07) is 11.4. The van der Waals surface area contributed by atoms with Gasteiger partial charge in [0.05, 0.1) is 5.41 Å². The highest BCUT2D eigenvalue weighted by atomic mass is 16.1. The summed E-state index contributed by atoms with van der Waals surface area (Å²) < 4.78 is 3.93. The number of likely N-dealkylation sites (tertiary alicyclic amines) is 1. The molecule has 7 nitrogen and oxygen atoms in total. The zero-order valence-corrected chi connectivity index (χ0v) is 22.8. The summed E-state index contributed by atoms with van der Waals surface area (Å²) in [5, 5.41) is 9.82. The summed E-state index contributed by atoms with van der Waals surface area (Å²) in [5.74, 6) is 2.19. The molecular weight excluding hydrogens is 472 g/mol. The van der Waals surface area contributed by atoms with Crippen molar-refractivity contribution >= 4 is 10.9 Å². The van der Waals surface area contributed by atoms with Crippen LogP contribution < -0.4 is 5.56 Å². The van der Waals surface area contributed by atoms with Gasteiger partial charge in [0.2, 0.25) is 0 Å². The lowest BCUT2D eigenvalue weighted by Crippen LogP contribution is -2.43. The van der Waals surface area contributed by atoms with E-state index in [9.17, 15) is 4.79 Å². The molecule has 0 spiro atoms. The van der Waals surface area contributed by atoms with Crippen molar-refractivity contribution in [1.82, 2.24) is 29.2 Å². The molecule has 38 heavy (non-hydrogen) atoms. The Labute approximate surface area is 223 Å². The molecule has 2 saturated carbocycles. The molecule has 2 aliphatic carbocycles. The van der Waals surface area contributed by atoms with E-state index in [1.807, 2.05) is 16.2 Å². The largest absolute Gasteiger partial charge is 0.353 e. The average molecular weight is 511 g/mol. The number of fused-ring (bicyclic) bond motifs is 1. The summed E-state index contributed by atoms with van der Waals surface area (Å²) >= 11 is 0. The number of hydrogen-bond donors (Lipinski definition) is 1. The molecule has 4 aromatic rings. The standard InChI is InChI=1S/C31H38N6O/c1-20-15-31(16-20,30-34-32-19-35(30)3)23-8-6-9-25(13-23)37-18-27(22-10-11-22)26-14-24(33-28(26)29(37)38)17-36-12-5-4-7-21(36)2/h6,8-9,13-14,18-22,33H,4-5,7,10-12,15-17H2,1-3H3/t20?,21-,31?/m0/s1. The molecule has 1 atom stereocenters. The first-order chi connectivity index (χ1) is 18.4. The van der Waals surface area contributed by atoms with Crippen molar-refractivity contribution in [2.75, 3.05) is 6.54 Å². The number of pyridine rings is 1. The highest BCUT2D eigenvalue weighted by Crippen LogP contribution is 2.51. The van der Waals surface area contributed by atoms with Crippen LogP contribution in [0.4, 0.5) is 0 Å². The first-order valence-electron chi connectivity index (χ1n) is 14.4. The van der Waals surface area contributed by atoms with E-state index in [-0.39, 0.29) is 11.0 Å². The normalized spacial score (nSPS) is 26.1. The van der Waals surface area contributed by atoms with Gasteiger partial charge in [-0.25, -0.2) is 0 Å². The molecule has 4 heterocycles. The van der Waals surface area contributed by atoms with Crippen LogP contribution in [0, 0.1) is 5.92 Å². The molecule has 3 aliphatic rings. The summed E-state index contributed by atoms with van der Waals surface area (Å²) in [7, 11) is 2.03. The minimum atomic E-state index is -0.154. The fourth-order valence-electron chi connectivity index (χ4n) is 7.25. The molecule has 198 valence electrons. The number of hydrogen-bond acceptors (Lipinski definition) is 4. The Balaban J connectivity index is 1.31. The number of piperidine rings is 1. The second-order valence-corrected chi connectivity index (χ2v) is 12.3. The molecule has 1 aliphatic heterocycles. The molecule has 1 N–H and O–H groups in total. The molecule has 3 aromatic heterocycles. The Morgan fingerprint density at radius 1 is 1.11 bits per heavy atom. The molecule has 7 heteroatoms. The lowest BCUT2D eigenvalue weighted by Gasteiger charge is -2.46. The van der Waals surface area contributed by atoms with Gasteiger partial charge in [0, 0.05) is 42.6 Å². The van der Waals surface area contributed by atoms with Gasteiger partial charge in [0.15, 0.2) is 0 Å². The van der Waals surface area contributed by atoms with Gasteiger partial charge in [0.25, 0.3) is 5.56 Å². The SMILES string of the molecule is CC1CC(c2cccc(-n3cc(C4CC4)c4cc(CN5CCCC[C@@H]5C)[nH]c4c3=O)c2)(c2nncn2C)C1. The second-order valence-electron chi connectivity index (χ2n) is 12.3. The number of benzene rings is 1. The van der Waals surface area contributed by atoms with Crippen molar-refractivity contribution in [2.24, 2.45) is 13.0 Å². The number of rotatable bonds is 6. The quantitative estimate of drug-likeness (QED) is 0.376. The fraction of sp³-hybridized carbons (Fsp3) is 0.516. The van der Waals surface area contributed by atoms with E-state index >= 15 is 0 Å². The van der Waals surface area contributed by atoms with Crippen LogP contribution in [0.2, 0.25) is 0 Å². The number of H-pyrrole nitrogens is 1. The Hall–Kier alpha value is -3.19. The van der Waals surface area contributed by atoms with Crippen LogP contribution >= 0.6 is 0 Å². The zero-order chi connectivity index (χ0) is 26.0. The zero-order valence-electron chi connectivity index (χ0n) is 22.8. The first kappa shape index (κ1) is 23.9. The minimum absolute atomic E-state index is 0.0363. The number of aromatic amines is 1. The van der Waals surface area contributed by atoms with Crippen LogP contribution in [-0.2, 0) is 19.0 Å². The van der Waals surface area contributed by atoms with E-state index in [2.05, 4.69) is 70.5 Å². The van der Waals surface area contributed by atoms with E-state index < -0.39 is 0 Å². The van der Waals surface area contributed by atoms with Crippen molar-refractivity contribution < 1.29 is 0 Å². The van der Waals surface area contributed by atoms with E-state index in [0.717, 1.165) is 54.0 Å². The van der Waals surface area contributed by atoms with Gasteiger partial charge in [-0.2, -0.15) is 0 Å². The van der Waals surface area contributed by atoms with Crippen molar-refractivity contribution in [3.8, 4) is 5.69 Å². The Bertz CT molecular complexity index is 1550. The van der Waals surface area contributed by atoms with Crippen LogP contribution in [0.5, 0.6) is 0 Å². The van der Waals surface area contributed by atoms with Crippen molar-refractivity contribution in [3.05, 3.63) is 75.9 Å². The monoisotopic (exact) mass is 510 g/mol. The van der Waals surface area contributed by atoms with Gasteiger partial charge in [-0.15, -0.1) is 10.2 Å². The fourth-order valence-corrected chi connectivity index (χ4v) is 7.25. The molecule has 0 bridgehead atoms. The molecule has 1 aromatic carbocycles. The third-order valence-corrected chi connectivity index (χ3v) is 9.43. The highest BCUT2D eigenvalue weighted by molar-refractivity contribution is 5.84. The van der Waals surface area contributed by atoms with Gasteiger partial charge >= 0.3 is 0 Å². The van der Waals surface area contributed by atoms with E-state index in [0.29, 0.717) is 17.9 Å². The van der Waals surface area contributed by atoms with Gasteiger partial charge in [-0.1, -0.05) is 25.5 Å². The van der Waals surface area contributed by atoms with Gasteiger partial charge in [-0.3, -0.25) is 14.3 Å². The van der Waals surface area contributed by atoms with E-state index in [1.54, 1.807) is 6.33 Å². The smallest absolute Gasteiger partial charge is 0.279 e.